The molecule has 0 saturated heterocycles. The van der Waals surface area contributed by atoms with Crippen LogP contribution in [0.1, 0.15) is 37.8 Å². The zero-order valence-corrected chi connectivity index (χ0v) is 20.2. The summed E-state index contributed by atoms with van der Waals surface area (Å²) >= 11 is 0. The first-order chi connectivity index (χ1) is 14.6. The monoisotopic (exact) mass is 472 g/mol. The Balaban J connectivity index is 0.000000592. The molecule has 0 saturated carbocycles. The van der Waals surface area contributed by atoms with Crippen LogP contribution >= 0.6 is 0 Å². The quantitative estimate of drug-likeness (QED) is 0.356. The molecular weight excluding hydrogens is 440 g/mol. The molecule has 0 heterocycles. The Kier molecular flexibility index (Phi) is 12.0. The summed E-state index contributed by atoms with van der Waals surface area (Å²) in [5.41, 5.74) is 1.84. The maximum absolute atomic E-state index is 11.9. The predicted octanol–water partition coefficient (Wildman–Crippen LogP) is 4.24. The molecule has 0 aliphatic heterocycles. The van der Waals surface area contributed by atoms with Crippen molar-refractivity contribution < 1.29 is 29.9 Å². The molecule has 174 valence electrons. The fourth-order valence-corrected chi connectivity index (χ4v) is 4.01. The van der Waals surface area contributed by atoms with Crippen molar-refractivity contribution in [3.63, 3.8) is 0 Å². The van der Waals surface area contributed by atoms with E-state index in [-0.39, 0.29) is 9.79 Å². The molecule has 0 unspecified atom stereocenters. The summed E-state index contributed by atoms with van der Waals surface area (Å²) in [5, 5.41) is 0. The molecule has 31 heavy (non-hydrogen) atoms. The highest BCUT2D eigenvalue weighted by atomic mass is 32.2. The van der Waals surface area contributed by atoms with Crippen molar-refractivity contribution >= 4 is 20.2 Å². The number of unbranched alkanes of at least 4 members (excludes halogenated alkanes) is 1. The van der Waals surface area contributed by atoms with Crippen molar-refractivity contribution in [1.82, 2.24) is 0 Å². The molecule has 0 aliphatic rings. The number of ether oxygens (including phenoxy) is 1. The van der Waals surface area contributed by atoms with Crippen LogP contribution in [0, 0.1) is 13.8 Å². The number of benzene rings is 2. The highest BCUT2D eigenvalue weighted by molar-refractivity contribution is 7.87. The van der Waals surface area contributed by atoms with Crippen molar-refractivity contribution in [3.8, 4) is 0 Å². The maximum atomic E-state index is 11.9. The van der Waals surface area contributed by atoms with Gasteiger partial charge in [0.05, 0.1) is 23.0 Å². The van der Waals surface area contributed by atoms with Crippen molar-refractivity contribution in [2.24, 2.45) is 0 Å². The third-order valence-electron chi connectivity index (χ3n) is 4.03. The van der Waals surface area contributed by atoms with Crippen molar-refractivity contribution in [2.45, 2.75) is 50.3 Å². The van der Waals surface area contributed by atoms with E-state index in [0.717, 1.165) is 24.3 Å². The van der Waals surface area contributed by atoms with Gasteiger partial charge in [0.1, 0.15) is 0 Å². The third kappa shape index (κ3) is 10.4. The number of hydrogen-bond acceptors (Lipinski definition) is 7. The van der Waals surface area contributed by atoms with Crippen molar-refractivity contribution in [2.75, 3.05) is 26.4 Å². The van der Waals surface area contributed by atoms with Gasteiger partial charge in [-0.2, -0.15) is 16.8 Å². The molecule has 0 aliphatic carbocycles. The topological polar surface area (TPSA) is 96.0 Å². The molecule has 2 aromatic carbocycles. The average Bonchev–Trinajstić information content (AvgIpc) is 2.73. The van der Waals surface area contributed by atoms with E-state index in [1.54, 1.807) is 24.3 Å². The van der Waals surface area contributed by atoms with Crippen LogP contribution in [-0.2, 0) is 33.3 Å². The summed E-state index contributed by atoms with van der Waals surface area (Å²) in [6, 6.07) is 12.3. The zero-order valence-electron chi connectivity index (χ0n) is 18.5. The van der Waals surface area contributed by atoms with E-state index in [1.807, 2.05) is 20.8 Å². The Morgan fingerprint density at radius 3 is 1.35 bits per heavy atom. The van der Waals surface area contributed by atoms with Gasteiger partial charge < -0.3 is 4.74 Å². The summed E-state index contributed by atoms with van der Waals surface area (Å²) in [5.74, 6) is 0. The molecule has 0 spiro atoms. The number of rotatable bonds is 11. The van der Waals surface area contributed by atoms with Crippen LogP contribution in [0.15, 0.2) is 58.3 Å². The first-order valence-electron chi connectivity index (χ1n) is 10.1. The second-order valence-corrected chi connectivity index (χ2v) is 9.96. The molecule has 0 atom stereocenters. The van der Waals surface area contributed by atoms with E-state index in [1.165, 1.54) is 37.1 Å². The smallest absolute Gasteiger partial charge is 0.297 e. The van der Waals surface area contributed by atoms with E-state index >= 15 is 0 Å². The van der Waals surface area contributed by atoms with Gasteiger partial charge in [-0.05, 0) is 51.5 Å². The van der Waals surface area contributed by atoms with Crippen LogP contribution < -0.4 is 0 Å². The second-order valence-electron chi connectivity index (χ2n) is 6.73. The van der Waals surface area contributed by atoms with Crippen LogP contribution in [0.4, 0.5) is 0 Å². The Bertz CT molecular complexity index is 884. The summed E-state index contributed by atoms with van der Waals surface area (Å²) in [6.07, 6.45) is 2.44. The lowest BCUT2D eigenvalue weighted by Gasteiger charge is -2.08. The molecule has 0 radical (unpaired) electrons. The molecule has 9 heteroatoms. The average molecular weight is 473 g/mol. The molecule has 2 rings (SSSR count). The standard InChI is InChI=1S/C16H18O6S2.C6H14O/c1-13-3-7-15(8-4-13)23(17,18)21-11-12-22-24(19,20)16-9-5-14(2)6-10-16;1-3-5-6-7-4-2/h3-10H,11-12H2,1-2H3;3-6H2,1-2H3. The lowest BCUT2D eigenvalue weighted by atomic mass is 10.2. The van der Waals surface area contributed by atoms with E-state index in [9.17, 15) is 16.8 Å². The number of aryl methyl sites for hydroxylation is 2. The van der Waals surface area contributed by atoms with Gasteiger partial charge >= 0.3 is 0 Å². The minimum Gasteiger partial charge on any atom is -0.382 e. The first-order valence-corrected chi connectivity index (χ1v) is 12.9. The Labute approximate surface area is 186 Å². The lowest BCUT2D eigenvalue weighted by Crippen LogP contribution is -2.15. The summed E-state index contributed by atoms with van der Waals surface area (Å²) < 4.78 is 62.4. The van der Waals surface area contributed by atoms with Gasteiger partial charge in [-0.15, -0.1) is 0 Å². The largest absolute Gasteiger partial charge is 0.382 e. The Morgan fingerprint density at radius 2 is 1.03 bits per heavy atom. The zero-order chi connectivity index (χ0) is 23.3. The van der Waals surface area contributed by atoms with Crippen LogP contribution in [0.2, 0.25) is 0 Å². The van der Waals surface area contributed by atoms with Crippen LogP contribution in [0.5, 0.6) is 0 Å². The first kappa shape index (κ1) is 27.3. The van der Waals surface area contributed by atoms with Crippen LogP contribution in [-0.4, -0.2) is 43.3 Å². The molecule has 0 bridgehead atoms. The predicted molar refractivity (Wildman–Crippen MR) is 120 cm³/mol. The van der Waals surface area contributed by atoms with Crippen molar-refractivity contribution in [1.29, 1.82) is 0 Å². The molecule has 0 N–H and O–H groups in total. The SMILES string of the molecule is CCCCOCC.Cc1ccc(S(=O)(=O)OCCOS(=O)(=O)c2ccc(C)cc2)cc1. The van der Waals surface area contributed by atoms with E-state index in [0.29, 0.717) is 0 Å². The highest BCUT2D eigenvalue weighted by Crippen LogP contribution is 2.15. The molecule has 0 aromatic heterocycles. The van der Waals surface area contributed by atoms with Gasteiger partial charge in [-0.25, -0.2) is 0 Å². The lowest BCUT2D eigenvalue weighted by molar-refractivity contribution is 0.144. The minimum absolute atomic E-state index is 0.00879. The van der Waals surface area contributed by atoms with E-state index < -0.39 is 33.5 Å². The van der Waals surface area contributed by atoms with Crippen LogP contribution in [0.25, 0.3) is 0 Å². The normalized spacial score (nSPS) is 11.6. The van der Waals surface area contributed by atoms with Gasteiger partial charge in [0.2, 0.25) is 0 Å². The second kappa shape index (κ2) is 13.6. The van der Waals surface area contributed by atoms with Gasteiger partial charge in [0, 0.05) is 13.2 Å². The van der Waals surface area contributed by atoms with Gasteiger partial charge in [-0.3, -0.25) is 8.37 Å². The van der Waals surface area contributed by atoms with Crippen molar-refractivity contribution in [3.05, 3.63) is 59.7 Å². The molecule has 0 amide bonds. The summed E-state index contributed by atoms with van der Waals surface area (Å²) in [6.45, 7) is 8.85. The fourth-order valence-electron chi connectivity index (χ4n) is 2.22. The molecule has 0 fully saturated rings. The van der Waals surface area contributed by atoms with Gasteiger partial charge in [0.25, 0.3) is 20.2 Å². The molecular formula is C22H32O7S2. The molecule has 2 aromatic rings. The summed E-state index contributed by atoms with van der Waals surface area (Å²) in [7, 11) is -7.88. The van der Waals surface area contributed by atoms with E-state index in [2.05, 4.69) is 6.92 Å². The maximum Gasteiger partial charge on any atom is 0.297 e. The summed E-state index contributed by atoms with van der Waals surface area (Å²) in [4.78, 5) is 0.0176. The Morgan fingerprint density at radius 1 is 0.645 bits per heavy atom. The van der Waals surface area contributed by atoms with Gasteiger partial charge in [-0.1, -0.05) is 48.7 Å². The number of hydrogen-bond donors (Lipinski definition) is 0. The van der Waals surface area contributed by atoms with E-state index in [4.69, 9.17) is 13.1 Å². The Hall–Kier alpha value is -1.78. The van der Waals surface area contributed by atoms with Gasteiger partial charge in [0.15, 0.2) is 0 Å². The minimum atomic E-state index is -3.94. The third-order valence-corrected chi connectivity index (χ3v) is 6.68. The molecule has 7 nitrogen and oxygen atoms in total. The highest BCUT2D eigenvalue weighted by Gasteiger charge is 2.17. The van der Waals surface area contributed by atoms with Crippen LogP contribution in [0.3, 0.4) is 0 Å². The fraction of sp³-hybridized carbons (Fsp3) is 0.455.